The molecule has 1 heterocycles. The van der Waals surface area contributed by atoms with Gasteiger partial charge in [-0.1, -0.05) is 48.5 Å². The highest BCUT2D eigenvalue weighted by atomic mass is 16.5. The maximum absolute atomic E-state index is 6.31. The fourth-order valence-corrected chi connectivity index (χ4v) is 3.74. The van der Waals surface area contributed by atoms with Gasteiger partial charge in [0.05, 0.1) is 0 Å². The fourth-order valence-electron chi connectivity index (χ4n) is 3.74. The summed E-state index contributed by atoms with van der Waals surface area (Å²) in [6, 6.07) is 17.7. The highest BCUT2D eigenvalue weighted by molar-refractivity contribution is 5.48. The van der Waals surface area contributed by atoms with Crippen LogP contribution in [0.2, 0.25) is 0 Å². The Labute approximate surface area is 114 Å². The Morgan fingerprint density at radius 3 is 1.89 bits per heavy atom. The summed E-state index contributed by atoms with van der Waals surface area (Å²) in [5, 5.41) is 0. The molecule has 0 radical (unpaired) electrons. The van der Waals surface area contributed by atoms with Crippen molar-refractivity contribution in [2.45, 2.75) is 31.3 Å². The van der Waals surface area contributed by atoms with Crippen LogP contribution >= 0.6 is 0 Å². The molecule has 1 aliphatic heterocycles. The van der Waals surface area contributed by atoms with E-state index in [0.717, 1.165) is 32.3 Å². The predicted octanol–water partition coefficient (Wildman–Crippen LogP) is 3.84. The van der Waals surface area contributed by atoms with Crippen LogP contribution in [0.1, 0.15) is 35.1 Å². The molecule has 1 fully saturated rings. The highest BCUT2D eigenvalue weighted by Crippen LogP contribution is 2.46. The van der Waals surface area contributed by atoms with Crippen LogP contribution in [0.4, 0.5) is 0 Å². The van der Waals surface area contributed by atoms with E-state index in [9.17, 15) is 0 Å². The first-order valence-electron chi connectivity index (χ1n) is 7.21. The van der Waals surface area contributed by atoms with Crippen LogP contribution in [0.3, 0.4) is 0 Å². The minimum absolute atomic E-state index is 0.177. The first-order valence-corrected chi connectivity index (χ1v) is 7.21. The molecular weight excluding hydrogens is 232 g/mol. The molecule has 2 aliphatic rings. The molecule has 19 heavy (non-hydrogen) atoms. The van der Waals surface area contributed by atoms with Gasteiger partial charge in [-0.05, 0) is 47.9 Å². The Kier molecular flexibility index (Phi) is 2.49. The molecule has 0 N–H and O–H groups in total. The van der Waals surface area contributed by atoms with Crippen LogP contribution in [-0.4, -0.2) is 6.61 Å². The molecule has 0 aromatic heterocycles. The molecule has 0 amide bonds. The van der Waals surface area contributed by atoms with E-state index in [0.29, 0.717) is 0 Å². The van der Waals surface area contributed by atoms with Crippen molar-refractivity contribution in [3.63, 3.8) is 0 Å². The molecule has 1 spiro atoms. The Bertz CT molecular complexity index is 559. The second-order valence-electron chi connectivity index (χ2n) is 5.59. The molecule has 0 saturated carbocycles. The second kappa shape index (κ2) is 4.21. The molecule has 0 atom stereocenters. The summed E-state index contributed by atoms with van der Waals surface area (Å²) in [6.07, 6.45) is 4.51. The molecule has 2 aromatic rings. The number of aryl methyl sites for hydroxylation is 2. The van der Waals surface area contributed by atoms with Gasteiger partial charge in [-0.25, -0.2) is 0 Å². The van der Waals surface area contributed by atoms with Crippen molar-refractivity contribution < 1.29 is 4.74 Å². The molecule has 1 nitrogen and oxygen atoms in total. The SMILES string of the molecule is c1ccc2c(c1)CCc1ccccc1C21CCCO1. The molecule has 1 aliphatic carbocycles. The summed E-state index contributed by atoms with van der Waals surface area (Å²) >= 11 is 0. The van der Waals surface area contributed by atoms with Crippen molar-refractivity contribution in [2.24, 2.45) is 0 Å². The van der Waals surface area contributed by atoms with Crippen molar-refractivity contribution in [1.82, 2.24) is 0 Å². The van der Waals surface area contributed by atoms with Crippen LogP contribution in [0.15, 0.2) is 48.5 Å². The van der Waals surface area contributed by atoms with Gasteiger partial charge >= 0.3 is 0 Å². The Morgan fingerprint density at radius 2 is 1.37 bits per heavy atom. The molecule has 0 unspecified atom stereocenters. The zero-order chi connectivity index (χ0) is 12.7. The third-order valence-electron chi connectivity index (χ3n) is 4.59. The van der Waals surface area contributed by atoms with E-state index in [1.807, 2.05) is 0 Å². The van der Waals surface area contributed by atoms with E-state index >= 15 is 0 Å². The summed E-state index contributed by atoms with van der Waals surface area (Å²) < 4.78 is 6.31. The van der Waals surface area contributed by atoms with Gasteiger partial charge in [0.2, 0.25) is 0 Å². The highest BCUT2D eigenvalue weighted by Gasteiger charge is 2.42. The standard InChI is InChI=1S/C18H18O/c1-3-8-16-14(6-1)10-11-15-7-2-4-9-17(15)18(16)12-5-13-19-18/h1-4,6-9H,5,10-13H2. The monoisotopic (exact) mass is 250 g/mol. The largest absolute Gasteiger partial charge is 0.366 e. The van der Waals surface area contributed by atoms with E-state index in [4.69, 9.17) is 4.74 Å². The molecule has 1 heteroatoms. The maximum Gasteiger partial charge on any atom is 0.119 e. The van der Waals surface area contributed by atoms with Gasteiger partial charge in [-0.15, -0.1) is 0 Å². The second-order valence-corrected chi connectivity index (χ2v) is 5.59. The maximum atomic E-state index is 6.31. The predicted molar refractivity (Wildman–Crippen MR) is 76.3 cm³/mol. The van der Waals surface area contributed by atoms with E-state index in [2.05, 4.69) is 48.5 Å². The van der Waals surface area contributed by atoms with Crippen molar-refractivity contribution in [3.8, 4) is 0 Å². The lowest BCUT2D eigenvalue weighted by Gasteiger charge is -2.31. The number of rotatable bonds is 0. The lowest BCUT2D eigenvalue weighted by atomic mass is 9.81. The van der Waals surface area contributed by atoms with Gasteiger partial charge in [-0.3, -0.25) is 0 Å². The minimum atomic E-state index is -0.177. The molecule has 4 rings (SSSR count). The minimum Gasteiger partial charge on any atom is -0.366 e. The number of fused-ring (bicyclic) bond motifs is 4. The first kappa shape index (κ1) is 11.2. The van der Waals surface area contributed by atoms with E-state index in [-0.39, 0.29) is 5.60 Å². The van der Waals surface area contributed by atoms with Crippen LogP contribution < -0.4 is 0 Å². The van der Waals surface area contributed by atoms with Gasteiger partial charge in [0.15, 0.2) is 0 Å². The zero-order valence-electron chi connectivity index (χ0n) is 11.1. The van der Waals surface area contributed by atoms with Gasteiger partial charge < -0.3 is 4.74 Å². The van der Waals surface area contributed by atoms with Crippen molar-refractivity contribution >= 4 is 0 Å². The van der Waals surface area contributed by atoms with Crippen molar-refractivity contribution in [3.05, 3.63) is 70.8 Å². The van der Waals surface area contributed by atoms with Gasteiger partial charge in [-0.2, -0.15) is 0 Å². The Hall–Kier alpha value is -1.60. The topological polar surface area (TPSA) is 9.23 Å². The lowest BCUT2D eigenvalue weighted by Crippen LogP contribution is -2.27. The average Bonchev–Trinajstić information content (AvgIpc) is 2.91. The normalized spacial score (nSPS) is 19.8. The quantitative estimate of drug-likeness (QED) is 0.690. The molecule has 0 bridgehead atoms. The summed E-state index contributed by atoms with van der Waals surface area (Å²) in [5.74, 6) is 0. The van der Waals surface area contributed by atoms with Gasteiger partial charge in [0.25, 0.3) is 0 Å². The zero-order valence-corrected chi connectivity index (χ0v) is 11.1. The number of hydrogen-bond donors (Lipinski definition) is 0. The number of benzene rings is 2. The summed E-state index contributed by atoms with van der Waals surface area (Å²) in [5.41, 5.74) is 5.54. The van der Waals surface area contributed by atoms with Crippen LogP contribution in [0, 0.1) is 0 Å². The molecular formula is C18H18O. The van der Waals surface area contributed by atoms with Gasteiger partial charge in [0, 0.05) is 6.61 Å². The Morgan fingerprint density at radius 1 is 0.789 bits per heavy atom. The summed E-state index contributed by atoms with van der Waals surface area (Å²) in [6.45, 7) is 0.878. The van der Waals surface area contributed by atoms with Crippen molar-refractivity contribution in [2.75, 3.05) is 6.61 Å². The van der Waals surface area contributed by atoms with Crippen LogP contribution in [0.5, 0.6) is 0 Å². The van der Waals surface area contributed by atoms with E-state index in [1.54, 1.807) is 0 Å². The van der Waals surface area contributed by atoms with E-state index < -0.39 is 0 Å². The van der Waals surface area contributed by atoms with E-state index in [1.165, 1.54) is 22.3 Å². The smallest absolute Gasteiger partial charge is 0.119 e. The summed E-state index contributed by atoms with van der Waals surface area (Å²) in [4.78, 5) is 0. The third-order valence-corrected chi connectivity index (χ3v) is 4.59. The molecule has 2 aromatic carbocycles. The number of ether oxygens (including phenoxy) is 1. The lowest BCUT2D eigenvalue weighted by molar-refractivity contribution is 0.0355. The van der Waals surface area contributed by atoms with Crippen molar-refractivity contribution in [1.29, 1.82) is 0 Å². The van der Waals surface area contributed by atoms with Gasteiger partial charge in [0.1, 0.15) is 5.60 Å². The van der Waals surface area contributed by atoms with Crippen LogP contribution in [0.25, 0.3) is 0 Å². The molecule has 1 saturated heterocycles. The summed E-state index contributed by atoms with van der Waals surface area (Å²) in [7, 11) is 0. The Balaban J connectivity index is 2.01. The third kappa shape index (κ3) is 1.58. The first-order chi connectivity index (χ1) is 9.40. The number of hydrogen-bond acceptors (Lipinski definition) is 1. The average molecular weight is 250 g/mol. The fraction of sp³-hybridized carbons (Fsp3) is 0.333. The van der Waals surface area contributed by atoms with Crippen LogP contribution in [-0.2, 0) is 23.2 Å². The molecule has 96 valence electrons.